The number of hydrogen-bond acceptors (Lipinski definition) is 6. The number of ether oxygens (including phenoxy) is 3. The highest BCUT2D eigenvalue weighted by molar-refractivity contribution is 5.71. The van der Waals surface area contributed by atoms with Gasteiger partial charge in [0.2, 0.25) is 0 Å². The molecular formula is C52H100O6. The van der Waals surface area contributed by atoms with Crippen molar-refractivity contribution in [2.75, 3.05) is 13.2 Å². The molecular weight excluding hydrogens is 721 g/mol. The third-order valence-corrected chi connectivity index (χ3v) is 12.1. The van der Waals surface area contributed by atoms with Crippen molar-refractivity contribution in [2.24, 2.45) is 11.8 Å². The Labute approximate surface area is 361 Å². The van der Waals surface area contributed by atoms with Gasteiger partial charge in [-0.25, -0.2) is 0 Å². The smallest absolute Gasteiger partial charge is 0.306 e. The lowest BCUT2D eigenvalue weighted by atomic mass is 9.99. The third kappa shape index (κ3) is 44.0. The van der Waals surface area contributed by atoms with Gasteiger partial charge in [0.15, 0.2) is 6.10 Å². The molecule has 6 nitrogen and oxygen atoms in total. The van der Waals surface area contributed by atoms with E-state index >= 15 is 0 Å². The molecule has 0 fully saturated rings. The van der Waals surface area contributed by atoms with E-state index in [-0.39, 0.29) is 31.1 Å². The van der Waals surface area contributed by atoms with E-state index in [1.54, 1.807) is 0 Å². The standard InChI is InChI=1S/C52H100O6/c1-6-8-9-10-11-20-27-32-37-42-50(53)56-45-49(46-57-51(54)43-38-33-28-24-23-26-31-36-41-48(5)7-2)58-52(55)44-39-34-29-22-19-17-15-13-12-14-16-18-21-25-30-35-40-47(3)4/h47-49H,6-46H2,1-5H3/t48?,49-/m1/s1. The van der Waals surface area contributed by atoms with Gasteiger partial charge in [0.25, 0.3) is 0 Å². The zero-order valence-electron chi connectivity index (χ0n) is 39.7. The van der Waals surface area contributed by atoms with E-state index in [2.05, 4.69) is 34.6 Å². The average Bonchev–Trinajstić information content (AvgIpc) is 3.21. The van der Waals surface area contributed by atoms with Crippen LogP contribution in [0.15, 0.2) is 0 Å². The Kier molecular flexibility index (Phi) is 43.7. The normalized spacial score (nSPS) is 12.5. The SMILES string of the molecule is CCCCCCCCCCCC(=O)OC[C@H](COC(=O)CCCCCCCCCCC(C)CC)OC(=O)CCCCCCCCCCCCCCCCCCC(C)C. The summed E-state index contributed by atoms with van der Waals surface area (Å²) in [5.74, 6) is 0.847. The molecule has 0 aliphatic rings. The predicted molar refractivity (Wildman–Crippen MR) is 247 cm³/mol. The number of hydrogen-bond donors (Lipinski definition) is 0. The highest BCUT2D eigenvalue weighted by Gasteiger charge is 2.19. The second-order valence-electron chi connectivity index (χ2n) is 18.5. The average molecular weight is 821 g/mol. The van der Waals surface area contributed by atoms with E-state index in [4.69, 9.17) is 14.2 Å². The Bertz CT molecular complexity index is 887. The maximum Gasteiger partial charge on any atom is 0.306 e. The molecule has 0 heterocycles. The summed E-state index contributed by atoms with van der Waals surface area (Å²) in [6.45, 7) is 11.4. The van der Waals surface area contributed by atoms with Crippen LogP contribution in [-0.2, 0) is 28.6 Å². The zero-order chi connectivity index (χ0) is 42.6. The Morgan fingerprint density at radius 1 is 0.362 bits per heavy atom. The summed E-state index contributed by atoms with van der Waals surface area (Å²) < 4.78 is 16.8. The van der Waals surface area contributed by atoms with Crippen molar-refractivity contribution < 1.29 is 28.6 Å². The van der Waals surface area contributed by atoms with Gasteiger partial charge < -0.3 is 14.2 Å². The molecule has 2 atom stereocenters. The first-order valence-corrected chi connectivity index (χ1v) is 25.8. The summed E-state index contributed by atoms with van der Waals surface area (Å²) in [4.78, 5) is 37.8. The summed E-state index contributed by atoms with van der Waals surface area (Å²) in [5, 5.41) is 0. The van der Waals surface area contributed by atoms with Gasteiger partial charge in [0, 0.05) is 19.3 Å². The van der Waals surface area contributed by atoms with E-state index in [9.17, 15) is 14.4 Å². The Hall–Kier alpha value is -1.59. The Balaban J connectivity index is 4.24. The highest BCUT2D eigenvalue weighted by atomic mass is 16.6. The lowest BCUT2D eigenvalue weighted by Gasteiger charge is -2.18. The van der Waals surface area contributed by atoms with Crippen molar-refractivity contribution in [3.63, 3.8) is 0 Å². The van der Waals surface area contributed by atoms with Gasteiger partial charge in [0.1, 0.15) is 13.2 Å². The largest absolute Gasteiger partial charge is 0.462 e. The zero-order valence-corrected chi connectivity index (χ0v) is 39.7. The van der Waals surface area contributed by atoms with Gasteiger partial charge in [-0.15, -0.1) is 0 Å². The Morgan fingerprint density at radius 2 is 0.655 bits per heavy atom. The van der Waals surface area contributed by atoms with Crippen molar-refractivity contribution in [2.45, 2.75) is 291 Å². The van der Waals surface area contributed by atoms with Crippen molar-refractivity contribution in [1.29, 1.82) is 0 Å². The minimum absolute atomic E-state index is 0.0643. The first-order valence-electron chi connectivity index (χ1n) is 25.8. The molecule has 0 saturated carbocycles. The molecule has 0 amide bonds. The van der Waals surface area contributed by atoms with Crippen LogP contribution >= 0.6 is 0 Å². The molecule has 0 aliphatic carbocycles. The van der Waals surface area contributed by atoms with Gasteiger partial charge in [0.05, 0.1) is 0 Å². The second kappa shape index (κ2) is 44.9. The number of unbranched alkanes of at least 4 members (excludes halogenated alkanes) is 30. The van der Waals surface area contributed by atoms with Crippen LogP contribution in [0, 0.1) is 11.8 Å². The van der Waals surface area contributed by atoms with Crippen molar-refractivity contribution in [3.05, 3.63) is 0 Å². The van der Waals surface area contributed by atoms with Crippen LogP contribution in [0.25, 0.3) is 0 Å². The molecule has 0 saturated heterocycles. The van der Waals surface area contributed by atoms with E-state index in [1.165, 1.54) is 173 Å². The molecule has 344 valence electrons. The van der Waals surface area contributed by atoms with Crippen LogP contribution in [0.4, 0.5) is 0 Å². The van der Waals surface area contributed by atoms with E-state index in [0.717, 1.165) is 69.6 Å². The van der Waals surface area contributed by atoms with Gasteiger partial charge in [-0.1, -0.05) is 247 Å². The van der Waals surface area contributed by atoms with Crippen molar-refractivity contribution in [3.8, 4) is 0 Å². The first-order chi connectivity index (χ1) is 28.3. The summed E-state index contributed by atoms with van der Waals surface area (Å²) in [6.07, 6.45) is 45.2. The topological polar surface area (TPSA) is 78.9 Å². The summed E-state index contributed by atoms with van der Waals surface area (Å²) >= 11 is 0. The maximum absolute atomic E-state index is 12.8. The fourth-order valence-electron chi connectivity index (χ4n) is 7.78. The quantitative estimate of drug-likeness (QED) is 0.0346. The molecule has 0 N–H and O–H groups in total. The van der Waals surface area contributed by atoms with Gasteiger partial charge in [-0.05, 0) is 31.1 Å². The molecule has 0 radical (unpaired) electrons. The summed E-state index contributed by atoms with van der Waals surface area (Å²) in [5.41, 5.74) is 0. The molecule has 0 aromatic heterocycles. The lowest BCUT2D eigenvalue weighted by Crippen LogP contribution is -2.30. The fourth-order valence-corrected chi connectivity index (χ4v) is 7.78. The maximum atomic E-state index is 12.8. The van der Waals surface area contributed by atoms with Gasteiger partial charge in [-0.3, -0.25) is 14.4 Å². The monoisotopic (exact) mass is 821 g/mol. The fraction of sp³-hybridized carbons (Fsp3) is 0.942. The van der Waals surface area contributed by atoms with E-state index in [0.29, 0.717) is 19.3 Å². The number of carbonyl (C=O) groups excluding carboxylic acids is 3. The minimum Gasteiger partial charge on any atom is -0.462 e. The van der Waals surface area contributed by atoms with Gasteiger partial charge >= 0.3 is 17.9 Å². The highest BCUT2D eigenvalue weighted by Crippen LogP contribution is 2.18. The molecule has 6 heteroatoms. The molecule has 0 spiro atoms. The predicted octanol–water partition coefficient (Wildman–Crippen LogP) is 16.5. The number of esters is 3. The molecule has 0 rings (SSSR count). The number of rotatable bonds is 46. The van der Waals surface area contributed by atoms with Crippen LogP contribution in [0.1, 0.15) is 285 Å². The van der Waals surface area contributed by atoms with Crippen LogP contribution in [0.2, 0.25) is 0 Å². The third-order valence-electron chi connectivity index (χ3n) is 12.1. The van der Waals surface area contributed by atoms with Crippen LogP contribution < -0.4 is 0 Å². The van der Waals surface area contributed by atoms with Crippen molar-refractivity contribution in [1.82, 2.24) is 0 Å². The first kappa shape index (κ1) is 56.4. The van der Waals surface area contributed by atoms with E-state index < -0.39 is 6.10 Å². The summed E-state index contributed by atoms with van der Waals surface area (Å²) in [7, 11) is 0. The van der Waals surface area contributed by atoms with Crippen molar-refractivity contribution >= 4 is 17.9 Å². The summed E-state index contributed by atoms with van der Waals surface area (Å²) in [6, 6.07) is 0. The lowest BCUT2D eigenvalue weighted by molar-refractivity contribution is -0.167. The van der Waals surface area contributed by atoms with Crippen LogP contribution in [0.3, 0.4) is 0 Å². The molecule has 0 aliphatic heterocycles. The van der Waals surface area contributed by atoms with E-state index in [1.807, 2.05) is 0 Å². The second-order valence-corrected chi connectivity index (χ2v) is 18.5. The molecule has 58 heavy (non-hydrogen) atoms. The van der Waals surface area contributed by atoms with Crippen LogP contribution in [0.5, 0.6) is 0 Å². The molecule has 1 unspecified atom stereocenters. The number of carbonyl (C=O) groups is 3. The van der Waals surface area contributed by atoms with Crippen LogP contribution in [-0.4, -0.2) is 37.2 Å². The van der Waals surface area contributed by atoms with Gasteiger partial charge in [-0.2, -0.15) is 0 Å². The molecule has 0 aromatic carbocycles. The molecule has 0 bridgehead atoms. The molecule has 0 aromatic rings. The Morgan fingerprint density at radius 3 is 0.983 bits per heavy atom. The minimum atomic E-state index is -0.761.